The van der Waals surface area contributed by atoms with E-state index in [4.69, 9.17) is 0 Å². The van der Waals surface area contributed by atoms with Crippen molar-refractivity contribution in [1.82, 2.24) is 0 Å². The van der Waals surface area contributed by atoms with Crippen LogP contribution in [-0.2, 0) is 0 Å². The van der Waals surface area contributed by atoms with E-state index >= 15 is 0 Å². The van der Waals surface area contributed by atoms with Crippen LogP contribution in [-0.4, -0.2) is 0 Å². The lowest BCUT2D eigenvalue weighted by molar-refractivity contribution is 0.0657. The van der Waals surface area contributed by atoms with Crippen LogP contribution >= 0.6 is 0 Å². The van der Waals surface area contributed by atoms with Crippen LogP contribution in [0.1, 0.15) is 61.3 Å². The molecule has 0 N–H and O–H groups in total. The monoisotopic (exact) mass is 172 g/mol. The van der Waals surface area contributed by atoms with Gasteiger partial charge in [-0.3, -0.25) is 0 Å². The smallest absolute Gasteiger partial charge is 0.0406 e. The molecule has 0 saturated heterocycles. The Morgan fingerprint density at radius 3 is 1.50 bits per heavy atom. The molecule has 0 spiro atoms. The van der Waals surface area contributed by atoms with E-state index in [0.717, 1.165) is 17.8 Å². The van der Waals surface area contributed by atoms with Gasteiger partial charge in [-0.1, -0.05) is 35.6 Å². The minimum absolute atomic E-state index is 0. The highest BCUT2D eigenvalue weighted by Crippen LogP contribution is 2.48. The predicted octanol–water partition coefficient (Wildman–Crippen LogP) is 4.74. The normalized spacial score (nSPS) is 36.2. The molecule has 0 aromatic rings. The van der Waals surface area contributed by atoms with Gasteiger partial charge in [0.25, 0.3) is 0 Å². The van der Waals surface area contributed by atoms with E-state index in [1.165, 1.54) is 6.42 Å². The fourth-order valence-corrected chi connectivity index (χ4v) is 2.63. The fourth-order valence-electron chi connectivity index (χ4n) is 2.63. The van der Waals surface area contributed by atoms with Crippen LogP contribution in [0, 0.1) is 17.8 Å². The summed E-state index contributed by atoms with van der Waals surface area (Å²) in [6.45, 7) is 2.34. The van der Waals surface area contributed by atoms with Gasteiger partial charge >= 0.3 is 0 Å². The fraction of sp³-hybridized carbons (Fsp3) is 1.00. The summed E-state index contributed by atoms with van der Waals surface area (Å²) in [5, 5.41) is 0. The molecule has 0 amide bonds. The van der Waals surface area contributed by atoms with Crippen molar-refractivity contribution >= 4 is 0 Å². The third-order valence-electron chi connectivity index (χ3n) is 3.24. The molecular weight excluding hydrogens is 144 g/mol. The number of fused-ring (bicyclic) bond motifs is 2. The Balaban J connectivity index is 0. The Bertz CT molecular complexity index is 90.6. The van der Waals surface area contributed by atoms with Crippen molar-refractivity contribution in [2.45, 2.75) is 61.3 Å². The average Bonchev–Trinajstić information content (AvgIpc) is 1.87. The highest BCUT2D eigenvalue weighted by atomic mass is 14.4. The Labute approximate surface area is 79.8 Å². The van der Waals surface area contributed by atoms with Crippen LogP contribution < -0.4 is 0 Å². The van der Waals surface area contributed by atoms with Crippen molar-refractivity contribution in [2.75, 3.05) is 0 Å². The molecule has 3 aliphatic rings. The zero-order chi connectivity index (χ0) is 6.27. The summed E-state index contributed by atoms with van der Waals surface area (Å²) in [4.78, 5) is 0. The van der Waals surface area contributed by atoms with Crippen LogP contribution in [0.4, 0.5) is 0 Å². The molecule has 0 heterocycles. The maximum Gasteiger partial charge on any atom is -0.0406 e. The topological polar surface area (TPSA) is 0 Å². The molecule has 2 bridgehead atoms. The van der Waals surface area contributed by atoms with Gasteiger partial charge in [0.1, 0.15) is 0 Å². The lowest BCUT2D eigenvalue weighted by Gasteiger charge is -2.45. The van der Waals surface area contributed by atoms with Gasteiger partial charge in [0.15, 0.2) is 0 Å². The van der Waals surface area contributed by atoms with Gasteiger partial charge in [0, 0.05) is 0 Å². The average molecular weight is 172 g/mol. The molecule has 0 aliphatic heterocycles. The highest BCUT2D eigenvalue weighted by Gasteiger charge is 2.36. The summed E-state index contributed by atoms with van der Waals surface area (Å²) in [6.07, 6.45) is 7.72. The Morgan fingerprint density at radius 1 is 0.833 bits per heavy atom. The minimum atomic E-state index is 0. The molecule has 0 aromatic carbocycles. The van der Waals surface area contributed by atoms with Crippen LogP contribution in [0.3, 0.4) is 0 Å². The van der Waals surface area contributed by atoms with Gasteiger partial charge < -0.3 is 0 Å². The van der Waals surface area contributed by atoms with Crippen molar-refractivity contribution in [1.29, 1.82) is 0 Å². The van der Waals surface area contributed by atoms with Crippen LogP contribution in [0.5, 0.6) is 0 Å². The quantitative estimate of drug-likeness (QED) is 0.536. The molecule has 0 aromatic heterocycles. The molecule has 3 saturated carbocycles. The van der Waals surface area contributed by atoms with Crippen molar-refractivity contribution < 1.29 is 0 Å². The van der Waals surface area contributed by atoms with Crippen molar-refractivity contribution in [3.05, 3.63) is 0 Å². The molecule has 3 rings (SSSR count). The van der Waals surface area contributed by atoms with Crippen LogP contribution in [0.2, 0.25) is 0 Å². The summed E-state index contributed by atoms with van der Waals surface area (Å²) in [5.41, 5.74) is 0. The maximum atomic E-state index is 2.34. The molecule has 0 nitrogen and oxygen atoms in total. The summed E-state index contributed by atoms with van der Waals surface area (Å²) in [5.74, 6) is 3.44. The molecule has 0 atom stereocenters. The third-order valence-corrected chi connectivity index (χ3v) is 3.24. The second-order valence-corrected chi connectivity index (χ2v) is 3.95. The first kappa shape index (κ1) is 14.5. The van der Waals surface area contributed by atoms with Gasteiger partial charge in [-0.15, -0.1) is 0 Å². The second-order valence-electron chi connectivity index (χ2n) is 3.95. The number of hydrogen-bond acceptors (Lipinski definition) is 0. The summed E-state index contributed by atoms with van der Waals surface area (Å²) in [6, 6.07) is 0. The van der Waals surface area contributed by atoms with Gasteiger partial charge in [0.05, 0.1) is 0 Å². The highest BCUT2D eigenvalue weighted by molar-refractivity contribution is 4.88. The Hall–Kier alpha value is 0. The molecule has 3 aliphatic carbocycles. The first-order valence-corrected chi connectivity index (χ1v) is 4.38. The Morgan fingerprint density at radius 2 is 1.25 bits per heavy atom. The largest absolute Gasteiger partial charge is 0.0776 e. The second kappa shape index (κ2) is 5.61. The van der Waals surface area contributed by atoms with E-state index in [1.807, 2.05) is 0 Å². The third kappa shape index (κ3) is 2.50. The molecule has 3 fully saturated rings. The Kier molecular flexibility index (Phi) is 6.79. The zero-order valence-corrected chi connectivity index (χ0v) is 6.27. The minimum Gasteiger partial charge on any atom is -0.0776 e. The molecule has 76 valence electrons. The standard InChI is InChI=1S/C9H16.3CH4/c1-2-7-3-8-5-9(4-7)6-8;;;/h7-9H,2-6H2,1H3;3*1H4. The van der Waals surface area contributed by atoms with Gasteiger partial charge in [-0.05, 0) is 43.4 Å². The number of rotatable bonds is 1. The summed E-state index contributed by atoms with van der Waals surface area (Å²) < 4.78 is 0. The molecule has 0 unspecified atom stereocenters. The van der Waals surface area contributed by atoms with E-state index in [1.54, 1.807) is 25.7 Å². The summed E-state index contributed by atoms with van der Waals surface area (Å²) >= 11 is 0. The van der Waals surface area contributed by atoms with Gasteiger partial charge in [-0.2, -0.15) is 0 Å². The van der Waals surface area contributed by atoms with Gasteiger partial charge in [-0.25, -0.2) is 0 Å². The van der Waals surface area contributed by atoms with E-state index in [9.17, 15) is 0 Å². The SMILES string of the molecule is C.C.C.CCC1CC2CC(C1)C2. The zero-order valence-electron chi connectivity index (χ0n) is 6.27. The van der Waals surface area contributed by atoms with Crippen molar-refractivity contribution in [3.8, 4) is 0 Å². The predicted molar refractivity (Wildman–Crippen MR) is 59.4 cm³/mol. The van der Waals surface area contributed by atoms with Crippen molar-refractivity contribution in [2.24, 2.45) is 17.8 Å². The first-order chi connectivity index (χ1) is 4.38. The lowest BCUT2D eigenvalue weighted by Crippen LogP contribution is -2.33. The van der Waals surface area contributed by atoms with E-state index in [-0.39, 0.29) is 22.3 Å². The molecule has 0 heteroatoms. The van der Waals surface area contributed by atoms with E-state index in [0.29, 0.717) is 0 Å². The summed E-state index contributed by atoms with van der Waals surface area (Å²) in [7, 11) is 0. The molecular formula is C12H28. The molecule has 12 heavy (non-hydrogen) atoms. The van der Waals surface area contributed by atoms with Crippen molar-refractivity contribution in [3.63, 3.8) is 0 Å². The van der Waals surface area contributed by atoms with Crippen LogP contribution in [0.25, 0.3) is 0 Å². The molecule has 0 radical (unpaired) electrons. The first-order valence-electron chi connectivity index (χ1n) is 4.38. The number of hydrogen-bond donors (Lipinski definition) is 0. The lowest BCUT2D eigenvalue weighted by atomic mass is 9.61. The van der Waals surface area contributed by atoms with Crippen LogP contribution in [0.15, 0.2) is 0 Å². The van der Waals surface area contributed by atoms with E-state index in [2.05, 4.69) is 6.92 Å². The van der Waals surface area contributed by atoms with Gasteiger partial charge in [0.2, 0.25) is 0 Å². The maximum absolute atomic E-state index is 2.34. The van der Waals surface area contributed by atoms with E-state index < -0.39 is 0 Å².